The molecule has 1 aromatic rings. The molecule has 2 atom stereocenters. The van der Waals surface area contributed by atoms with Crippen LogP contribution in [0.4, 0.5) is 4.39 Å². The fourth-order valence-electron chi connectivity index (χ4n) is 2.04. The van der Waals surface area contributed by atoms with Crippen LogP contribution in [0.15, 0.2) is 12.1 Å². The first-order valence-electron chi connectivity index (χ1n) is 5.19. The summed E-state index contributed by atoms with van der Waals surface area (Å²) in [7, 11) is 3.23. The van der Waals surface area contributed by atoms with Gasteiger partial charge in [-0.05, 0) is 29.9 Å². The van der Waals surface area contributed by atoms with Crippen molar-refractivity contribution in [1.82, 2.24) is 0 Å². The highest BCUT2D eigenvalue weighted by Crippen LogP contribution is 2.51. The molecular weight excluding hydrogens is 231 g/mol. The largest absolute Gasteiger partial charge is 0.496 e. The molecular formula is C12H14ClFO2. The van der Waals surface area contributed by atoms with Crippen molar-refractivity contribution in [1.29, 1.82) is 0 Å². The van der Waals surface area contributed by atoms with Gasteiger partial charge in [-0.2, -0.15) is 0 Å². The maximum absolute atomic E-state index is 13.2. The second-order valence-corrected chi connectivity index (χ2v) is 4.47. The number of benzene rings is 1. The molecule has 0 N–H and O–H groups in total. The molecule has 0 heterocycles. The third kappa shape index (κ3) is 2.15. The molecule has 1 saturated carbocycles. The highest BCUT2D eigenvalue weighted by atomic mass is 35.5. The summed E-state index contributed by atoms with van der Waals surface area (Å²) in [5.74, 6) is 1.02. The molecule has 2 unspecified atom stereocenters. The second kappa shape index (κ2) is 4.60. The zero-order valence-electron chi connectivity index (χ0n) is 9.30. The minimum Gasteiger partial charge on any atom is -0.496 e. The third-order valence-corrected chi connectivity index (χ3v) is 3.27. The Morgan fingerprint density at radius 1 is 1.44 bits per heavy atom. The van der Waals surface area contributed by atoms with Crippen molar-refractivity contribution < 1.29 is 13.9 Å². The molecule has 1 fully saturated rings. The molecule has 0 aromatic heterocycles. The van der Waals surface area contributed by atoms with E-state index < -0.39 is 5.82 Å². The molecule has 88 valence electrons. The third-order valence-electron chi connectivity index (χ3n) is 2.98. The smallest absolute Gasteiger partial charge is 0.145 e. The molecule has 0 bridgehead atoms. The first kappa shape index (κ1) is 11.7. The van der Waals surface area contributed by atoms with E-state index in [1.165, 1.54) is 6.07 Å². The average molecular weight is 245 g/mol. The molecule has 2 rings (SSSR count). The van der Waals surface area contributed by atoms with Crippen molar-refractivity contribution in [3.05, 3.63) is 28.5 Å². The van der Waals surface area contributed by atoms with Crippen molar-refractivity contribution >= 4 is 11.6 Å². The molecule has 0 amide bonds. The topological polar surface area (TPSA) is 18.5 Å². The molecule has 16 heavy (non-hydrogen) atoms. The summed E-state index contributed by atoms with van der Waals surface area (Å²) in [5.41, 5.74) is 0.982. The van der Waals surface area contributed by atoms with Gasteiger partial charge in [-0.1, -0.05) is 11.6 Å². The number of hydrogen-bond acceptors (Lipinski definition) is 2. The van der Waals surface area contributed by atoms with Crippen LogP contribution in [0.25, 0.3) is 0 Å². The predicted molar refractivity (Wildman–Crippen MR) is 60.7 cm³/mol. The van der Waals surface area contributed by atoms with E-state index in [0.29, 0.717) is 17.6 Å². The molecule has 1 aliphatic carbocycles. The first-order chi connectivity index (χ1) is 7.67. The van der Waals surface area contributed by atoms with Crippen molar-refractivity contribution in [2.45, 2.75) is 12.3 Å². The van der Waals surface area contributed by atoms with Crippen LogP contribution < -0.4 is 4.74 Å². The van der Waals surface area contributed by atoms with Crippen LogP contribution in [0, 0.1) is 11.7 Å². The Morgan fingerprint density at radius 2 is 2.19 bits per heavy atom. The van der Waals surface area contributed by atoms with E-state index >= 15 is 0 Å². The van der Waals surface area contributed by atoms with Crippen LogP contribution in [-0.2, 0) is 4.74 Å². The lowest BCUT2D eigenvalue weighted by Crippen LogP contribution is -1.96. The summed E-state index contributed by atoms with van der Waals surface area (Å²) in [6.45, 7) is 0.725. The highest BCUT2D eigenvalue weighted by molar-refractivity contribution is 6.30. The molecule has 2 nitrogen and oxygen atoms in total. The number of rotatable bonds is 4. The maximum atomic E-state index is 13.2. The van der Waals surface area contributed by atoms with Crippen molar-refractivity contribution in [3.8, 4) is 5.75 Å². The van der Waals surface area contributed by atoms with E-state index in [4.69, 9.17) is 21.1 Å². The van der Waals surface area contributed by atoms with Crippen LogP contribution >= 0.6 is 11.6 Å². The Kier molecular flexibility index (Phi) is 3.36. The van der Waals surface area contributed by atoms with E-state index in [0.717, 1.165) is 18.6 Å². The van der Waals surface area contributed by atoms with Gasteiger partial charge in [0, 0.05) is 19.8 Å². The number of halogens is 2. The van der Waals surface area contributed by atoms with Crippen LogP contribution in [-0.4, -0.2) is 20.8 Å². The summed E-state index contributed by atoms with van der Waals surface area (Å²) in [6.07, 6.45) is 1.05. The van der Waals surface area contributed by atoms with Gasteiger partial charge in [0.15, 0.2) is 0 Å². The number of hydrogen-bond donors (Lipinski definition) is 0. The molecule has 0 spiro atoms. The zero-order valence-corrected chi connectivity index (χ0v) is 10.1. The highest BCUT2D eigenvalue weighted by Gasteiger charge is 2.40. The Hall–Kier alpha value is -0.800. The first-order valence-corrected chi connectivity index (χ1v) is 5.57. The van der Waals surface area contributed by atoms with Crippen molar-refractivity contribution in [3.63, 3.8) is 0 Å². The van der Waals surface area contributed by atoms with E-state index in [9.17, 15) is 4.39 Å². The maximum Gasteiger partial charge on any atom is 0.145 e. The van der Waals surface area contributed by atoms with Crippen LogP contribution in [0.3, 0.4) is 0 Å². The standard InChI is InChI=1S/C12H14ClFO2/c1-15-6-7-3-8(7)9-4-10(13)11(14)5-12(9)16-2/h4-5,7-8H,3,6H2,1-2H3. The number of methoxy groups -OCH3 is 2. The van der Waals surface area contributed by atoms with E-state index in [-0.39, 0.29) is 5.02 Å². The fourth-order valence-corrected chi connectivity index (χ4v) is 2.21. The van der Waals surface area contributed by atoms with E-state index in [1.54, 1.807) is 20.3 Å². The van der Waals surface area contributed by atoms with Gasteiger partial charge < -0.3 is 9.47 Å². The van der Waals surface area contributed by atoms with Gasteiger partial charge in [0.25, 0.3) is 0 Å². The van der Waals surface area contributed by atoms with Gasteiger partial charge in [0.05, 0.1) is 12.1 Å². The molecule has 1 aromatic carbocycles. The van der Waals surface area contributed by atoms with Gasteiger partial charge in [-0.25, -0.2) is 4.39 Å². The fraction of sp³-hybridized carbons (Fsp3) is 0.500. The second-order valence-electron chi connectivity index (χ2n) is 4.07. The van der Waals surface area contributed by atoms with Gasteiger partial charge in [0.2, 0.25) is 0 Å². The van der Waals surface area contributed by atoms with Crippen LogP contribution in [0.5, 0.6) is 5.75 Å². The Morgan fingerprint density at radius 3 is 2.81 bits per heavy atom. The molecule has 1 aliphatic rings. The van der Waals surface area contributed by atoms with Gasteiger partial charge in [0.1, 0.15) is 11.6 Å². The molecule has 4 heteroatoms. The summed E-state index contributed by atoms with van der Waals surface area (Å²) >= 11 is 5.78. The summed E-state index contributed by atoms with van der Waals surface area (Å²) in [5, 5.41) is 0.152. The average Bonchev–Trinajstić information content (AvgIpc) is 3.01. The Bertz CT molecular complexity index is 395. The molecule has 0 saturated heterocycles. The predicted octanol–water partition coefficient (Wildman–Crippen LogP) is 3.24. The Labute approximate surface area is 99.3 Å². The van der Waals surface area contributed by atoms with Gasteiger partial charge in [-0.15, -0.1) is 0 Å². The summed E-state index contributed by atoms with van der Waals surface area (Å²) in [6, 6.07) is 3.01. The van der Waals surface area contributed by atoms with Crippen LogP contribution in [0.2, 0.25) is 5.02 Å². The summed E-state index contributed by atoms with van der Waals surface area (Å²) in [4.78, 5) is 0. The Balaban J connectivity index is 2.24. The molecule has 0 radical (unpaired) electrons. The lowest BCUT2D eigenvalue weighted by Gasteiger charge is -2.09. The zero-order chi connectivity index (χ0) is 11.7. The van der Waals surface area contributed by atoms with Crippen molar-refractivity contribution in [2.75, 3.05) is 20.8 Å². The van der Waals surface area contributed by atoms with Gasteiger partial charge >= 0.3 is 0 Å². The minimum absolute atomic E-state index is 0.152. The van der Waals surface area contributed by atoms with Gasteiger partial charge in [-0.3, -0.25) is 0 Å². The lowest BCUT2D eigenvalue weighted by molar-refractivity contribution is 0.184. The van der Waals surface area contributed by atoms with E-state index in [1.807, 2.05) is 0 Å². The lowest BCUT2D eigenvalue weighted by atomic mass is 10.1. The number of ether oxygens (including phenoxy) is 2. The monoisotopic (exact) mass is 244 g/mol. The quantitative estimate of drug-likeness (QED) is 0.810. The summed E-state index contributed by atoms with van der Waals surface area (Å²) < 4.78 is 23.5. The molecule has 0 aliphatic heterocycles. The van der Waals surface area contributed by atoms with Crippen molar-refractivity contribution in [2.24, 2.45) is 5.92 Å². The minimum atomic E-state index is -0.439. The normalized spacial score (nSPS) is 23.2. The SMILES string of the molecule is COCC1CC1c1cc(Cl)c(F)cc1OC. The van der Waals surface area contributed by atoms with E-state index in [2.05, 4.69) is 0 Å². The van der Waals surface area contributed by atoms with Crippen LogP contribution in [0.1, 0.15) is 17.9 Å².